The van der Waals surface area contributed by atoms with Gasteiger partial charge in [0.25, 0.3) is 0 Å². The maximum Gasteiger partial charge on any atom is 0.213 e. The summed E-state index contributed by atoms with van der Waals surface area (Å²) in [5.41, 5.74) is 2.44. The number of fused-ring (bicyclic) bond motifs is 2. The first-order valence-electron chi connectivity index (χ1n) is 7.21. The molecule has 24 heavy (non-hydrogen) atoms. The molecule has 1 aromatic carbocycles. The molecule has 0 fully saturated rings. The van der Waals surface area contributed by atoms with Gasteiger partial charge in [0.2, 0.25) is 10.7 Å². The molecule has 0 radical (unpaired) electrons. The third kappa shape index (κ3) is 2.17. The SMILES string of the molecule is COc1ccc2c(C)c(-c3cn4nc(SC)sc4n3)oc2c1OC. The van der Waals surface area contributed by atoms with Crippen molar-refractivity contribution in [2.24, 2.45) is 0 Å². The highest BCUT2D eigenvalue weighted by molar-refractivity contribution is 8.00. The monoisotopic (exact) mass is 361 g/mol. The fraction of sp³-hybridized carbons (Fsp3) is 0.250. The van der Waals surface area contributed by atoms with Crippen LogP contribution in [0, 0.1) is 6.92 Å². The Hall–Kier alpha value is -2.19. The normalized spacial score (nSPS) is 11.5. The number of aryl methyl sites for hydroxylation is 1. The van der Waals surface area contributed by atoms with Gasteiger partial charge in [-0.05, 0) is 25.3 Å². The zero-order valence-electron chi connectivity index (χ0n) is 13.6. The molecule has 124 valence electrons. The topological polar surface area (TPSA) is 61.8 Å². The highest BCUT2D eigenvalue weighted by atomic mass is 32.2. The number of benzene rings is 1. The van der Waals surface area contributed by atoms with Crippen molar-refractivity contribution in [2.45, 2.75) is 11.3 Å². The van der Waals surface area contributed by atoms with Crippen LogP contribution in [0.25, 0.3) is 27.4 Å². The number of hydrogen-bond donors (Lipinski definition) is 0. The molecule has 0 saturated heterocycles. The zero-order valence-corrected chi connectivity index (χ0v) is 15.2. The van der Waals surface area contributed by atoms with Crippen LogP contribution in [-0.2, 0) is 0 Å². The largest absolute Gasteiger partial charge is 0.493 e. The fourth-order valence-corrected chi connectivity index (χ4v) is 4.06. The average molecular weight is 361 g/mol. The van der Waals surface area contributed by atoms with Crippen LogP contribution in [0.5, 0.6) is 11.5 Å². The molecule has 0 aliphatic heterocycles. The lowest BCUT2D eigenvalue weighted by atomic mass is 10.1. The van der Waals surface area contributed by atoms with Crippen molar-refractivity contribution in [1.82, 2.24) is 14.6 Å². The smallest absolute Gasteiger partial charge is 0.213 e. The van der Waals surface area contributed by atoms with Crippen LogP contribution in [0.4, 0.5) is 0 Å². The molecule has 6 nitrogen and oxygen atoms in total. The second kappa shape index (κ2) is 5.71. The van der Waals surface area contributed by atoms with Gasteiger partial charge in [0.05, 0.1) is 20.4 Å². The summed E-state index contributed by atoms with van der Waals surface area (Å²) in [6, 6.07) is 3.85. The summed E-state index contributed by atoms with van der Waals surface area (Å²) in [5.74, 6) is 1.95. The Morgan fingerprint density at radius 3 is 2.75 bits per heavy atom. The molecule has 4 aromatic rings. The summed E-state index contributed by atoms with van der Waals surface area (Å²) in [5, 5.41) is 5.45. The van der Waals surface area contributed by atoms with E-state index in [1.54, 1.807) is 41.8 Å². The van der Waals surface area contributed by atoms with Crippen molar-refractivity contribution in [3.05, 3.63) is 23.9 Å². The number of rotatable bonds is 4. The van der Waals surface area contributed by atoms with Crippen LogP contribution in [0.1, 0.15) is 5.56 Å². The maximum atomic E-state index is 6.10. The molecule has 4 rings (SSSR count). The van der Waals surface area contributed by atoms with E-state index in [-0.39, 0.29) is 0 Å². The molecule has 0 spiro atoms. The first-order chi connectivity index (χ1) is 11.7. The van der Waals surface area contributed by atoms with Gasteiger partial charge in [-0.1, -0.05) is 23.1 Å². The van der Waals surface area contributed by atoms with Crippen LogP contribution in [0.3, 0.4) is 0 Å². The Labute approximate surface area is 146 Å². The number of aromatic nitrogens is 3. The van der Waals surface area contributed by atoms with E-state index in [0.29, 0.717) is 17.1 Å². The van der Waals surface area contributed by atoms with E-state index in [1.165, 1.54) is 0 Å². The van der Waals surface area contributed by atoms with E-state index in [2.05, 4.69) is 10.1 Å². The van der Waals surface area contributed by atoms with Gasteiger partial charge in [0, 0.05) is 10.9 Å². The zero-order chi connectivity index (χ0) is 16.8. The van der Waals surface area contributed by atoms with Gasteiger partial charge in [-0.2, -0.15) is 0 Å². The van der Waals surface area contributed by atoms with E-state index in [9.17, 15) is 0 Å². The molecule has 0 bridgehead atoms. The predicted octanol–water partition coefficient (Wildman–Crippen LogP) is 4.25. The Balaban J connectivity index is 1.91. The van der Waals surface area contributed by atoms with Gasteiger partial charge in [0.15, 0.2) is 21.4 Å². The molecule has 0 saturated carbocycles. The van der Waals surface area contributed by atoms with E-state index in [0.717, 1.165) is 31.7 Å². The van der Waals surface area contributed by atoms with Crippen molar-refractivity contribution in [2.75, 3.05) is 20.5 Å². The molecule has 3 heterocycles. The van der Waals surface area contributed by atoms with Gasteiger partial charge < -0.3 is 13.9 Å². The third-order valence-electron chi connectivity index (χ3n) is 3.88. The summed E-state index contributed by atoms with van der Waals surface area (Å²) >= 11 is 3.17. The second-order valence-corrected chi connectivity index (χ2v) is 7.17. The van der Waals surface area contributed by atoms with Gasteiger partial charge >= 0.3 is 0 Å². The lowest BCUT2D eigenvalue weighted by Gasteiger charge is -2.06. The minimum absolute atomic E-state index is 0.591. The van der Waals surface area contributed by atoms with E-state index in [1.807, 2.05) is 31.5 Å². The predicted molar refractivity (Wildman–Crippen MR) is 95.7 cm³/mol. The minimum atomic E-state index is 0.591. The average Bonchev–Trinajstić information content (AvgIpc) is 3.24. The Kier molecular flexibility index (Phi) is 3.65. The first-order valence-corrected chi connectivity index (χ1v) is 9.25. The quantitative estimate of drug-likeness (QED) is 0.506. The van der Waals surface area contributed by atoms with Crippen molar-refractivity contribution >= 4 is 39.0 Å². The number of hydrogen-bond acceptors (Lipinski definition) is 7. The summed E-state index contributed by atoms with van der Waals surface area (Å²) in [6.07, 6.45) is 3.89. The molecule has 0 aliphatic carbocycles. The third-order valence-corrected chi connectivity index (χ3v) is 5.78. The van der Waals surface area contributed by atoms with Gasteiger partial charge in [-0.15, -0.1) is 5.10 Å². The van der Waals surface area contributed by atoms with Crippen LogP contribution in [0.15, 0.2) is 27.1 Å². The molecule has 3 aromatic heterocycles. The van der Waals surface area contributed by atoms with Crippen molar-refractivity contribution < 1.29 is 13.9 Å². The highest BCUT2D eigenvalue weighted by Crippen LogP contribution is 2.42. The Morgan fingerprint density at radius 2 is 2.08 bits per heavy atom. The number of methoxy groups -OCH3 is 2. The standard InChI is InChI=1S/C16H15N3O3S2/c1-8-9-5-6-11(20-2)14(21-3)13(9)22-12(8)10-7-19-15(17-10)24-16(18-19)23-4/h5-7H,1-4H3. The molecule has 0 atom stereocenters. The highest BCUT2D eigenvalue weighted by Gasteiger charge is 2.21. The van der Waals surface area contributed by atoms with Crippen LogP contribution in [0.2, 0.25) is 0 Å². The van der Waals surface area contributed by atoms with Crippen molar-refractivity contribution in [1.29, 1.82) is 0 Å². The summed E-state index contributed by atoms with van der Waals surface area (Å²) < 4.78 is 19.7. The minimum Gasteiger partial charge on any atom is -0.493 e. The number of nitrogens with zero attached hydrogens (tertiary/aromatic N) is 3. The molecular formula is C16H15N3O3S2. The van der Waals surface area contributed by atoms with Crippen molar-refractivity contribution in [3.63, 3.8) is 0 Å². The Morgan fingerprint density at radius 1 is 1.25 bits per heavy atom. The molecular weight excluding hydrogens is 346 g/mol. The van der Waals surface area contributed by atoms with E-state index in [4.69, 9.17) is 13.9 Å². The number of thioether (sulfide) groups is 1. The summed E-state index contributed by atoms with van der Waals surface area (Å²) in [7, 11) is 3.22. The van der Waals surface area contributed by atoms with E-state index >= 15 is 0 Å². The molecule has 0 aliphatic rings. The fourth-order valence-electron chi connectivity index (χ4n) is 2.71. The number of ether oxygens (including phenoxy) is 2. The van der Waals surface area contributed by atoms with E-state index < -0.39 is 0 Å². The van der Waals surface area contributed by atoms with Gasteiger partial charge in [-0.25, -0.2) is 9.50 Å². The maximum absolute atomic E-state index is 6.10. The molecule has 0 unspecified atom stereocenters. The molecule has 0 amide bonds. The Bertz CT molecular complexity index is 1020. The summed E-state index contributed by atoms with van der Waals surface area (Å²) in [6.45, 7) is 2.02. The molecule has 8 heteroatoms. The number of imidazole rings is 1. The van der Waals surface area contributed by atoms with Crippen LogP contribution >= 0.6 is 23.1 Å². The molecule has 0 N–H and O–H groups in total. The lowest BCUT2D eigenvalue weighted by molar-refractivity contribution is 0.354. The summed E-state index contributed by atoms with van der Waals surface area (Å²) in [4.78, 5) is 5.49. The second-order valence-electron chi connectivity index (χ2n) is 5.16. The van der Waals surface area contributed by atoms with Gasteiger partial charge in [-0.3, -0.25) is 0 Å². The first kappa shape index (κ1) is 15.3. The van der Waals surface area contributed by atoms with Gasteiger partial charge in [0.1, 0.15) is 5.69 Å². The lowest BCUT2D eigenvalue weighted by Crippen LogP contribution is -1.90. The number of furan rings is 1. The van der Waals surface area contributed by atoms with Crippen molar-refractivity contribution in [3.8, 4) is 23.0 Å². The van der Waals surface area contributed by atoms with Crippen LogP contribution < -0.4 is 9.47 Å². The van der Waals surface area contributed by atoms with Crippen LogP contribution in [-0.4, -0.2) is 35.1 Å².